The molecule has 0 aliphatic heterocycles. The predicted octanol–water partition coefficient (Wildman–Crippen LogP) is 2.45. The summed E-state index contributed by atoms with van der Waals surface area (Å²) >= 11 is 0. The van der Waals surface area contributed by atoms with Crippen molar-refractivity contribution in [3.05, 3.63) is 41.6 Å². The quantitative estimate of drug-likeness (QED) is 0.915. The third kappa shape index (κ3) is 2.90. The van der Waals surface area contributed by atoms with Crippen molar-refractivity contribution in [2.45, 2.75) is 26.4 Å². The fraction of sp³-hybridized carbons (Fsp3) is 0.333. The van der Waals surface area contributed by atoms with E-state index in [1.165, 1.54) is 0 Å². The molecule has 2 rings (SSSR count). The second kappa shape index (κ2) is 5.36. The first-order chi connectivity index (χ1) is 8.99. The van der Waals surface area contributed by atoms with Crippen molar-refractivity contribution in [2.75, 3.05) is 7.05 Å². The van der Waals surface area contributed by atoms with Crippen molar-refractivity contribution in [2.24, 2.45) is 0 Å². The van der Waals surface area contributed by atoms with E-state index in [0.717, 1.165) is 22.0 Å². The van der Waals surface area contributed by atoms with Crippen molar-refractivity contribution < 1.29 is 9.90 Å². The highest BCUT2D eigenvalue weighted by molar-refractivity contribution is 5.82. The molecular weight excluding hydrogens is 240 g/mol. The maximum Gasteiger partial charge on any atom is 0.320 e. The van der Waals surface area contributed by atoms with E-state index in [4.69, 9.17) is 5.11 Å². The van der Waals surface area contributed by atoms with Crippen LogP contribution in [-0.4, -0.2) is 34.0 Å². The lowest BCUT2D eigenvalue weighted by molar-refractivity contribution is -0.142. The second-order valence-corrected chi connectivity index (χ2v) is 4.92. The van der Waals surface area contributed by atoms with Crippen LogP contribution in [-0.2, 0) is 11.3 Å². The molecule has 1 heterocycles. The molecule has 0 saturated carbocycles. The molecule has 19 heavy (non-hydrogen) atoms. The number of nitrogens with zero attached hydrogens (tertiary/aromatic N) is 2. The molecule has 0 bridgehead atoms. The number of pyridine rings is 1. The van der Waals surface area contributed by atoms with E-state index in [-0.39, 0.29) is 0 Å². The fourth-order valence-electron chi connectivity index (χ4n) is 2.16. The van der Waals surface area contributed by atoms with Crippen LogP contribution in [0.5, 0.6) is 0 Å². The van der Waals surface area contributed by atoms with Crippen LogP contribution in [0.4, 0.5) is 0 Å². The minimum absolute atomic E-state index is 0.495. The maximum absolute atomic E-state index is 11.0. The number of aliphatic carboxylic acids is 1. The summed E-state index contributed by atoms with van der Waals surface area (Å²) in [6, 6.07) is 7.58. The number of rotatable bonds is 4. The molecule has 4 nitrogen and oxygen atoms in total. The number of hydrogen-bond donors (Lipinski definition) is 1. The van der Waals surface area contributed by atoms with Crippen LogP contribution in [0.1, 0.15) is 18.1 Å². The molecule has 1 atom stereocenters. The standard InChI is InChI=1S/C15H18N2O2/c1-10-7-12(9-17(3)11(2)15(18)19)8-13-5-4-6-16-14(10)13/h4-8,11H,9H2,1-3H3,(H,18,19). The zero-order chi connectivity index (χ0) is 14.0. The topological polar surface area (TPSA) is 53.4 Å². The lowest BCUT2D eigenvalue weighted by Crippen LogP contribution is -2.35. The summed E-state index contributed by atoms with van der Waals surface area (Å²) in [6.45, 7) is 4.33. The molecule has 0 spiro atoms. The van der Waals surface area contributed by atoms with Crippen molar-refractivity contribution >= 4 is 16.9 Å². The first-order valence-corrected chi connectivity index (χ1v) is 6.26. The number of aryl methyl sites for hydroxylation is 1. The number of carboxylic acid groups (broad SMARTS) is 1. The lowest BCUT2D eigenvalue weighted by Gasteiger charge is -2.21. The van der Waals surface area contributed by atoms with Crippen molar-refractivity contribution in [1.29, 1.82) is 0 Å². The normalized spacial score (nSPS) is 12.8. The van der Waals surface area contributed by atoms with E-state index in [9.17, 15) is 4.79 Å². The van der Waals surface area contributed by atoms with Gasteiger partial charge in [0.25, 0.3) is 0 Å². The van der Waals surface area contributed by atoms with E-state index in [2.05, 4.69) is 17.1 Å². The van der Waals surface area contributed by atoms with Crippen LogP contribution >= 0.6 is 0 Å². The number of benzene rings is 1. The Labute approximate surface area is 112 Å². The molecule has 1 N–H and O–H groups in total. The average molecular weight is 258 g/mol. The molecule has 100 valence electrons. The molecule has 0 fully saturated rings. The van der Waals surface area contributed by atoms with Gasteiger partial charge in [-0.15, -0.1) is 0 Å². The molecule has 0 aliphatic rings. The van der Waals surface area contributed by atoms with Crippen LogP contribution in [0.15, 0.2) is 30.5 Å². The summed E-state index contributed by atoms with van der Waals surface area (Å²) in [7, 11) is 1.82. The molecule has 0 radical (unpaired) electrons. The van der Waals surface area contributed by atoms with Gasteiger partial charge in [0, 0.05) is 18.1 Å². The highest BCUT2D eigenvalue weighted by Crippen LogP contribution is 2.19. The number of carboxylic acids is 1. The van der Waals surface area contributed by atoms with Gasteiger partial charge in [-0.05, 0) is 44.2 Å². The van der Waals surface area contributed by atoms with Crippen molar-refractivity contribution in [1.82, 2.24) is 9.88 Å². The zero-order valence-electron chi connectivity index (χ0n) is 11.4. The highest BCUT2D eigenvalue weighted by Gasteiger charge is 2.17. The lowest BCUT2D eigenvalue weighted by atomic mass is 10.1. The van der Waals surface area contributed by atoms with Gasteiger partial charge in [0.2, 0.25) is 0 Å². The number of aromatic nitrogens is 1. The van der Waals surface area contributed by atoms with Gasteiger partial charge in [0.1, 0.15) is 6.04 Å². The van der Waals surface area contributed by atoms with E-state index in [0.29, 0.717) is 6.54 Å². The monoisotopic (exact) mass is 258 g/mol. The Hall–Kier alpha value is -1.94. The predicted molar refractivity (Wildman–Crippen MR) is 75.0 cm³/mol. The summed E-state index contributed by atoms with van der Waals surface area (Å²) in [5, 5.41) is 10.1. The molecule has 1 aromatic carbocycles. The first-order valence-electron chi connectivity index (χ1n) is 6.26. The Morgan fingerprint density at radius 2 is 2.21 bits per heavy atom. The summed E-state index contributed by atoms with van der Waals surface area (Å²) < 4.78 is 0. The van der Waals surface area contributed by atoms with Gasteiger partial charge in [-0.1, -0.05) is 12.1 Å². The van der Waals surface area contributed by atoms with Crippen LogP contribution in [0, 0.1) is 6.92 Å². The molecular formula is C15H18N2O2. The van der Waals surface area contributed by atoms with Gasteiger partial charge in [0.05, 0.1) is 5.52 Å². The van der Waals surface area contributed by atoms with Gasteiger partial charge in [-0.2, -0.15) is 0 Å². The van der Waals surface area contributed by atoms with Gasteiger partial charge in [0.15, 0.2) is 0 Å². The molecule has 1 aromatic heterocycles. The van der Waals surface area contributed by atoms with E-state index < -0.39 is 12.0 Å². The van der Waals surface area contributed by atoms with Gasteiger partial charge >= 0.3 is 5.97 Å². The molecule has 0 amide bonds. The molecule has 0 aliphatic carbocycles. The Kier molecular flexibility index (Phi) is 3.81. The smallest absolute Gasteiger partial charge is 0.320 e. The SMILES string of the molecule is Cc1cc(CN(C)C(C)C(=O)O)cc2cccnc12. The number of carbonyl (C=O) groups is 1. The number of likely N-dealkylation sites (N-methyl/N-ethyl adjacent to an activating group) is 1. The highest BCUT2D eigenvalue weighted by atomic mass is 16.4. The van der Waals surface area contributed by atoms with Crippen LogP contribution in [0.2, 0.25) is 0 Å². The van der Waals surface area contributed by atoms with E-state index in [1.54, 1.807) is 13.1 Å². The van der Waals surface area contributed by atoms with Crippen molar-refractivity contribution in [3.8, 4) is 0 Å². The van der Waals surface area contributed by atoms with Crippen LogP contribution < -0.4 is 0 Å². The van der Waals surface area contributed by atoms with Crippen molar-refractivity contribution in [3.63, 3.8) is 0 Å². The zero-order valence-corrected chi connectivity index (χ0v) is 11.4. The summed E-state index contributed by atoms with van der Waals surface area (Å²) in [5.41, 5.74) is 3.22. The largest absolute Gasteiger partial charge is 0.480 e. The minimum Gasteiger partial charge on any atom is -0.480 e. The fourth-order valence-corrected chi connectivity index (χ4v) is 2.16. The summed E-state index contributed by atoms with van der Waals surface area (Å²) in [6.07, 6.45) is 1.79. The number of fused-ring (bicyclic) bond motifs is 1. The Bertz CT molecular complexity index is 610. The second-order valence-electron chi connectivity index (χ2n) is 4.92. The summed E-state index contributed by atoms with van der Waals surface area (Å²) in [4.78, 5) is 17.1. The minimum atomic E-state index is -0.804. The third-order valence-electron chi connectivity index (χ3n) is 3.41. The Morgan fingerprint density at radius 1 is 1.47 bits per heavy atom. The first kappa shape index (κ1) is 13.5. The van der Waals surface area contributed by atoms with E-state index in [1.807, 2.05) is 31.0 Å². The third-order valence-corrected chi connectivity index (χ3v) is 3.41. The average Bonchev–Trinajstić information content (AvgIpc) is 2.37. The van der Waals surface area contributed by atoms with Gasteiger partial charge in [-0.3, -0.25) is 14.7 Å². The number of hydrogen-bond acceptors (Lipinski definition) is 3. The van der Waals surface area contributed by atoms with E-state index >= 15 is 0 Å². The molecule has 1 unspecified atom stereocenters. The van der Waals surface area contributed by atoms with Gasteiger partial charge in [-0.25, -0.2) is 0 Å². The molecule has 0 saturated heterocycles. The Morgan fingerprint density at radius 3 is 2.89 bits per heavy atom. The molecule has 4 heteroatoms. The van der Waals surface area contributed by atoms with Crippen LogP contribution in [0.25, 0.3) is 10.9 Å². The van der Waals surface area contributed by atoms with Gasteiger partial charge < -0.3 is 5.11 Å². The maximum atomic E-state index is 11.0. The summed E-state index contributed by atoms with van der Waals surface area (Å²) in [5.74, 6) is -0.804. The van der Waals surface area contributed by atoms with Crippen LogP contribution in [0.3, 0.4) is 0 Å². The molecule has 2 aromatic rings. The Balaban J connectivity index is 2.29.